The molecule has 0 radical (unpaired) electrons. The number of piperazine rings is 1. The molecule has 1 N–H and O–H groups in total. The Morgan fingerprint density at radius 2 is 1.86 bits per heavy atom. The van der Waals surface area contributed by atoms with Gasteiger partial charge in [0.15, 0.2) is 0 Å². The van der Waals surface area contributed by atoms with E-state index >= 15 is 0 Å². The average Bonchev–Trinajstić information content (AvgIpc) is 2.16. The number of carbonyl (C=O) groups is 1. The Morgan fingerprint density at radius 3 is 2.29 bits per heavy atom. The molecule has 2 atom stereocenters. The van der Waals surface area contributed by atoms with Crippen LogP contribution in [-0.4, -0.2) is 36.0 Å². The molecule has 1 rings (SSSR count). The fraction of sp³-hybridized carbons (Fsp3) is 0.727. The summed E-state index contributed by atoms with van der Waals surface area (Å²) in [5, 5.41) is 3.31. The van der Waals surface area contributed by atoms with Crippen molar-refractivity contribution in [1.29, 1.82) is 0 Å². The van der Waals surface area contributed by atoms with E-state index in [9.17, 15) is 4.79 Å². The number of hydrogen-bond donors (Lipinski definition) is 1. The van der Waals surface area contributed by atoms with Gasteiger partial charge in [0.1, 0.15) is 0 Å². The molecule has 1 amide bonds. The van der Waals surface area contributed by atoms with E-state index in [2.05, 4.69) is 19.2 Å². The predicted molar refractivity (Wildman–Crippen MR) is 58.1 cm³/mol. The van der Waals surface area contributed by atoms with Gasteiger partial charge in [-0.25, -0.2) is 0 Å². The van der Waals surface area contributed by atoms with E-state index in [0.29, 0.717) is 12.1 Å². The summed E-state index contributed by atoms with van der Waals surface area (Å²) in [5.41, 5.74) is 0.839. The summed E-state index contributed by atoms with van der Waals surface area (Å²) in [6, 6.07) is 0.585. The average molecular weight is 196 g/mol. The molecule has 1 aliphatic heterocycles. The van der Waals surface area contributed by atoms with Crippen LogP contribution in [0.5, 0.6) is 0 Å². The molecule has 1 saturated heterocycles. The number of nitrogens with one attached hydrogen (secondary N) is 1. The second kappa shape index (κ2) is 4.60. The third-order valence-corrected chi connectivity index (χ3v) is 2.83. The predicted octanol–water partition coefficient (Wildman–Crippen LogP) is 1.16. The van der Waals surface area contributed by atoms with Crippen molar-refractivity contribution in [3.05, 3.63) is 11.6 Å². The summed E-state index contributed by atoms with van der Waals surface area (Å²) < 4.78 is 0. The van der Waals surface area contributed by atoms with Crippen molar-refractivity contribution in [3.63, 3.8) is 0 Å². The maximum Gasteiger partial charge on any atom is 0.249 e. The first kappa shape index (κ1) is 11.2. The zero-order valence-electron chi connectivity index (χ0n) is 9.50. The third kappa shape index (κ3) is 2.15. The highest BCUT2D eigenvalue weighted by Crippen LogP contribution is 2.13. The molecule has 0 bridgehead atoms. The fourth-order valence-corrected chi connectivity index (χ4v) is 1.86. The molecule has 0 aromatic carbocycles. The smallest absolute Gasteiger partial charge is 0.249 e. The molecule has 1 heterocycles. The van der Waals surface area contributed by atoms with Crippen molar-refractivity contribution in [1.82, 2.24) is 10.2 Å². The maximum absolute atomic E-state index is 12.0. The summed E-state index contributed by atoms with van der Waals surface area (Å²) in [6.45, 7) is 9.75. The van der Waals surface area contributed by atoms with Crippen LogP contribution in [0.4, 0.5) is 0 Å². The number of hydrogen-bond acceptors (Lipinski definition) is 2. The first-order valence-electron chi connectivity index (χ1n) is 5.24. The van der Waals surface area contributed by atoms with Gasteiger partial charge in [-0.2, -0.15) is 0 Å². The van der Waals surface area contributed by atoms with Crippen LogP contribution in [-0.2, 0) is 4.79 Å². The lowest BCUT2D eigenvalue weighted by atomic mass is 10.1. The largest absolute Gasteiger partial charge is 0.331 e. The van der Waals surface area contributed by atoms with Gasteiger partial charge in [-0.1, -0.05) is 6.08 Å². The second-order valence-corrected chi connectivity index (χ2v) is 4.04. The third-order valence-electron chi connectivity index (χ3n) is 2.83. The van der Waals surface area contributed by atoms with Crippen molar-refractivity contribution >= 4 is 5.91 Å². The van der Waals surface area contributed by atoms with Crippen LogP contribution >= 0.6 is 0 Å². The summed E-state index contributed by atoms with van der Waals surface area (Å²) >= 11 is 0. The highest BCUT2D eigenvalue weighted by molar-refractivity contribution is 5.93. The highest BCUT2D eigenvalue weighted by atomic mass is 16.2. The summed E-state index contributed by atoms with van der Waals surface area (Å²) in [6.07, 6.45) is 1.88. The van der Waals surface area contributed by atoms with E-state index < -0.39 is 0 Å². The molecule has 14 heavy (non-hydrogen) atoms. The molecule has 1 fully saturated rings. The van der Waals surface area contributed by atoms with Gasteiger partial charge in [-0.05, 0) is 27.7 Å². The van der Waals surface area contributed by atoms with E-state index in [1.54, 1.807) is 0 Å². The Bertz CT molecular complexity index is 238. The molecular weight excluding hydrogens is 176 g/mol. The molecule has 1 aliphatic rings. The first-order chi connectivity index (χ1) is 6.57. The molecule has 0 saturated carbocycles. The van der Waals surface area contributed by atoms with Crippen molar-refractivity contribution in [2.45, 2.75) is 39.8 Å². The Hall–Kier alpha value is -0.830. The Labute approximate surface area is 86.2 Å². The number of nitrogens with zero attached hydrogens (tertiary/aromatic N) is 1. The number of allylic oxidation sites excluding steroid dienone is 1. The van der Waals surface area contributed by atoms with Gasteiger partial charge in [-0.15, -0.1) is 0 Å². The van der Waals surface area contributed by atoms with Crippen LogP contribution in [0.3, 0.4) is 0 Å². The lowest BCUT2D eigenvalue weighted by Gasteiger charge is -2.39. The van der Waals surface area contributed by atoms with E-state index in [1.165, 1.54) is 0 Å². The lowest BCUT2D eigenvalue weighted by molar-refractivity contribution is -0.132. The van der Waals surface area contributed by atoms with Gasteiger partial charge in [-0.3, -0.25) is 4.79 Å². The SMILES string of the molecule is C/C=C(/C)C(=O)N1C(C)CNCC1C. The monoisotopic (exact) mass is 196 g/mol. The zero-order chi connectivity index (χ0) is 10.7. The maximum atomic E-state index is 12.0. The first-order valence-corrected chi connectivity index (χ1v) is 5.24. The zero-order valence-corrected chi connectivity index (χ0v) is 9.50. The minimum absolute atomic E-state index is 0.175. The van der Waals surface area contributed by atoms with Crippen molar-refractivity contribution in [3.8, 4) is 0 Å². The standard InChI is InChI=1S/C11H20N2O/c1-5-8(2)11(14)13-9(3)6-12-7-10(13)4/h5,9-10,12H,6-7H2,1-4H3/b8-5-. The Kier molecular flexibility index (Phi) is 3.69. The van der Waals surface area contributed by atoms with Crippen LogP contribution in [0, 0.1) is 0 Å². The number of rotatable bonds is 1. The van der Waals surface area contributed by atoms with Crippen LogP contribution < -0.4 is 5.32 Å². The molecule has 80 valence electrons. The van der Waals surface area contributed by atoms with Crippen molar-refractivity contribution in [2.24, 2.45) is 0 Å². The van der Waals surface area contributed by atoms with E-state index in [-0.39, 0.29) is 5.91 Å². The van der Waals surface area contributed by atoms with Crippen LogP contribution in [0.25, 0.3) is 0 Å². The van der Waals surface area contributed by atoms with Crippen LogP contribution in [0.2, 0.25) is 0 Å². The number of carbonyl (C=O) groups excluding carboxylic acids is 1. The molecule has 0 aliphatic carbocycles. The van der Waals surface area contributed by atoms with Crippen molar-refractivity contribution < 1.29 is 4.79 Å². The highest BCUT2D eigenvalue weighted by Gasteiger charge is 2.28. The topological polar surface area (TPSA) is 32.3 Å². The van der Waals surface area contributed by atoms with E-state index in [4.69, 9.17) is 0 Å². The van der Waals surface area contributed by atoms with Gasteiger partial charge < -0.3 is 10.2 Å². The van der Waals surface area contributed by atoms with Gasteiger partial charge in [0.05, 0.1) is 0 Å². The van der Waals surface area contributed by atoms with Gasteiger partial charge in [0.2, 0.25) is 5.91 Å². The van der Waals surface area contributed by atoms with Crippen molar-refractivity contribution in [2.75, 3.05) is 13.1 Å². The van der Waals surface area contributed by atoms with Crippen LogP contribution in [0.15, 0.2) is 11.6 Å². The summed E-state index contributed by atoms with van der Waals surface area (Å²) in [5.74, 6) is 0.175. The second-order valence-electron chi connectivity index (χ2n) is 4.04. The number of amides is 1. The van der Waals surface area contributed by atoms with Crippen LogP contribution in [0.1, 0.15) is 27.7 Å². The Morgan fingerprint density at radius 1 is 1.36 bits per heavy atom. The fourth-order valence-electron chi connectivity index (χ4n) is 1.86. The van der Waals surface area contributed by atoms with E-state index in [1.807, 2.05) is 24.8 Å². The molecule has 0 aromatic rings. The quantitative estimate of drug-likeness (QED) is 0.638. The van der Waals surface area contributed by atoms with Gasteiger partial charge >= 0.3 is 0 Å². The molecular formula is C11H20N2O. The minimum Gasteiger partial charge on any atom is -0.331 e. The Balaban J connectivity index is 2.77. The molecule has 2 unspecified atom stereocenters. The summed E-state index contributed by atoms with van der Waals surface area (Å²) in [7, 11) is 0. The lowest BCUT2D eigenvalue weighted by Crippen LogP contribution is -2.57. The summed E-state index contributed by atoms with van der Waals surface area (Å²) in [4.78, 5) is 14.0. The molecule has 3 heteroatoms. The molecule has 3 nitrogen and oxygen atoms in total. The molecule has 0 spiro atoms. The van der Waals surface area contributed by atoms with E-state index in [0.717, 1.165) is 18.7 Å². The van der Waals surface area contributed by atoms with Gasteiger partial charge in [0.25, 0.3) is 0 Å². The molecule has 0 aromatic heterocycles. The minimum atomic E-state index is 0.175. The normalized spacial score (nSPS) is 29.1. The van der Waals surface area contributed by atoms with Gasteiger partial charge in [0, 0.05) is 30.7 Å².